The molecule has 1 atom stereocenters. The third-order valence-electron chi connectivity index (χ3n) is 16.2. The monoisotopic (exact) mass is 979 g/mol. The van der Waals surface area contributed by atoms with Gasteiger partial charge in [0.15, 0.2) is 0 Å². The van der Waals surface area contributed by atoms with Gasteiger partial charge in [-0.05, 0) is 186 Å². The fourth-order valence-corrected chi connectivity index (χ4v) is 12.9. The Labute approximate surface area is 424 Å². The first-order valence-corrected chi connectivity index (χ1v) is 25.9. The van der Waals surface area contributed by atoms with Gasteiger partial charge in [-0.15, -0.1) is 0 Å². The van der Waals surface area contributed by atoms with Crippen LogP contribution in [0.1, 0.15) is 151 Å². The fourth-order valence-electron chi connectivity index (χ4n) is 12.9. The SMILES string of the molecule is CCc1nn(C(N=C(Cn2nc(C)c(Cc3cc(C)c(OC)c4c3CCC4)c2C)NO)(C(=O)NN)n2nc(C)c(Cc3cc(C)c(OC)c4c3CCC4)c2C)c(CC)c1Cc1cc(C)c(OC)c2c1CCC2. The van der Waals surface area contributed by atoms with Crippen molar-refractivity contribution in [2.75, 3.05) is 21.3 Å². The molecule has 6 aromatic rings. The van der Waals surface area contributed by atoms with Crippen LogP contribution in [0.4, 0.5) is 0 Å². The number of carbonyl (C=O) groups excluding carboxylic acids is 1. The zero-order chi connectivity index (χ0) is 51.3. The first kappa shape index (κ1) is 50.5. The van der Waals surface area contributed by atoms with Crippen molar-refractivity contribution in [2.24, 2.45) is 10.8 Å². The zero-order valence-corrected chi connectivity index (χ0v) is 44.6. The summed E-state index contributed by atoms with van der Waals surface area (Å²) in [5.74, 6) is 6.53. The average molecular weight is 979 g/mol. The third-order valence-corrected chi connectivity index (χ3v) is 16.2. The maximum atomic E-state index is 15.4. The van der Waals surface area contributed by atoms with E-state index in [1.807, 2.05) is 32.4 Å². The molecule has 9 rings (SSSR count). The van der Waals surface area contributed by atoms with Gasteiger partial charge in [-0.2, -0.15) is 15.3 Å². The average Bonchev–Trinajstić information content (AvgIpc) is 4.25. The molecule has 15 nitrogen and oxygen atoms in total. The Morgan fingerprint density at radius 1 is 0.639 bits per heavy atom. The number of nitrogens with zero attached hydrogens (tertiary/aromatic N) is 7. The maximum Gasteiger partial charge on any atom is 0.333 e. The molecular formula is C57H74N10O5. The molecule has 5 N–H and O–H groups in total. The van der Waals surface area contributed by atoms with Crippen molar-refractivity contribution in [3.05, 3.63) is 136 Å². The molecule has 15 heteroatoms. The quantitative estimate of drug-likeness (QED) is 0.0230. The third kappa shape index (κ3) is 8.35. The van der Waals surface area contributed by atoms with Crippen molar-refractivity contribution in [3.8, 4) is 17.2 Å². The van der Waals surface area contributed by atoms with Crippen LogP contribution in [0.25, 0.3) is 0 Å². The zero-order valence-electron chi connectivity index (χ0n) is 44.6. The van der Waals surface area contributed by atoms with E-state index in [2.05, 4.69) is 63.7 Å². The molecule has 0 aliphatic heterocycles. The number of aromatic nitrogens is 6. The number of hydrogen-bond donors (Lipinski definition) is 4. The Kier molecular flexibility index (Phi) is 14.2. The van der Waals surface area contributed by atoms with Gasteiger partial charge in [0.2, 0.25) is 0 Å². The molecule has 382 valence electrons. The van der Waals surface area contributed by atoms with E-state index in [4.69, 9.17) is 40.3 Å². The summed E-state index contributed by atoms with van der Waals surface area (Å²) in [5.41, 5.74) is 27.8. The lowest BCUT2D eigenvalue weighted by Crippen LogP contribution is -2.57. The van der Waals surface area contributed by atoms with Gasteiger partial charge in [0, 0.05) is 53.0 Å². The maximum absolute atomic E-state index is 15.4. The molecule has 0 bridgehead atoms. The number of nitrogens with one attached hydrogen (secondary N) is 2. The second-order valence-electron chi connectivity index (χ2n) is 20.3. The van der Waals surface area contributed by atoms with Gasteiger partial charge in [0.25, 0.3) is 0 Å². The van der Waals surface area contributed by atoms with E-state index in [1.165, 1.54) is 50.1 Å². The molecule has 3 aliphatic carbocycles. The van der Waals surface area contributed by atoms with Crippen LogP contribution in [-0.2, 0) is 87.8 Å². The Bertz CT molecular complexity index is 3140. The molecule has 3 heterocycles. The molecule has 1 unspecified atom stereocenters. The van der Waals surface area contributed by atoms with E-state index in [0.717, 1.165) is 137 Å². The van der Waals surface area contributed by atoms with Crippen molar-refractivity contribution in [2.45, 2.75) is 165 Å². The highest BCUT2D eigenvalue weighted by Gasteiger charge is 2.49. The number of amidine groups is 1. The van der Waals surface area contributed by atoms with E-state index in [0.29, 0.717) is 37.8 Å². The molecule has 3 aromatic heterocycles. The van der Waals surface area contributed by atoms with Crippen molar-refractivity contribution < 1.29 is 24.2 Å². The molecule has 0 saturated heterocycles. The smallest absolute Gasteiger partial charge is 0.333 e. The van der Waals surface area contributed by atoms with Gasteiger partial charge < -0.3 is 14.2 Å². The highest BCUT2D eigenvalue weighted by atomic mass is 16.5. The molecule has 72 heavy (non-hydrogen) atoms. The van der Waals surface area contributed by atoms with E-state index in [-0.39, 0.29) is 12.4 Å². The number of nitrogens with two attached hydrogens (primary N) is 1. The van der Waals surface area contributed by atoms with Crippen LogP contribution >= 0.6 is 0 Å². The van der Waals surface area contributed by atoms with E-state index >= 15 is 4.79 Å². The standard InChI is InChI=1S/C57H74N10O5/c1-13-50-49(29-40-26-33(5)55(72-12)46-23-17-20-43(40)46)51(14-2)67(63-50)57(56(68)60-58,66-37(9)48(35(7)62-66)28-39-25-32(4)54(71-11)45-22-16-19-42(39)45)59-52(64-69)30-65-36(8)47(34(6)61-65)27-38-24-31(3)53(70-10)44-21-15-18-41(38)44/h24-26,69H,13-23,27-30,58H2,1-12H3,(H,59,64)(H,60,68). The minimum Gasteiger partial charge on any atom is -0.496 e. The number of rotatable bonds is 17. The number of hydroxylamine groups is 1. The summed E-state index contributed by atoms with van der Waals surface area (Å²) >= 11 is 0. The molecule has 0 spiro atoms. The minimum absolute atomic E-state index is 0.000575. The first-order chi connectivity index (χ1) is 34.7. The second-order valence-corrected chi connectivity index (χ2v) is 20.3. The number of amides is 1. The summed E-state index contributed by atoms with van der Waals surface area (Å²) in [6, 6.07) is 6.74. The molecule has 3 aromatic carbocycles. The van der Waals surface area contributed by atoms with Gasteiger partial charge >= 0.3 is 11.7 Å². The highest BCUT2D eigenvalue weighted by Crippen LogP contribution is 2.42. The van der Waals surface area contributed by atoms with E-state index in [1.54, 1.807) is 30.7 Å². The van der Waals surface area contributed by atoms with Crippen LogP contribution in [0.15, 0.2) is 23.2 Å². The summed E-state index contributed by atoms with van der Waals surface area (Å²) in [7, 11) is 5.26. The highest BCUT2D eigenvalue weighted by molar-refractivity contribution is 5.89. The lowest BCUT2D eigenvalue weighted by atomic mass is 9.92. The van der Waals surface area contributed by atoms with Crippen LogP contribution in [0.2, 0.25) is 0 Å². The number of benzene rings is 3. The fraction of sp³-hybridized carbons (Fsp3) is 0.491. The number of aryl methyl sites for hydroxylation is 6. The lowest BCUT2D eigenvalue weighted by Gasteiger charge is -2.32. The Balaban J connectivity index is 1.22. The largest absolute Gasteiger partial charge is 0.496 e. The van der Waals surface area contributed by atoms with Gasteiger partial charge in [0.05, 0.1) is 38.4 Å². The van der Waals surface area contributed by atoms with Gasteiger partial charge in [-0.25, -0.2) is 20.2 Å². The Morgan fingerprint density at radius 2 is 1.08 bits per heavy atom. The molecule has 3 aliphatic rings. The molecule has 0 fully saturated rings. The van der Waals surface area contributed by atoms with Crippen LogP contribution in [0, 0.1) is 48.5 Å². The second kappa shape index (κ2) is 20.2. The summed E-state index contributed by atoms with van der Waals surface area (Å²) < 4.78 is 22.9. The topological polar surface area (TPSA) is 181 Å². The number of hydrazine groups is 1. The van der Waals surface area contributed by atoms with Crippen LogP contribution in [-0.4, -0.2) is 67.6 Å². The van der Waals surface area contributed by atoms with Crippen LogP contribution in [0.3, 0.4) is 0 Å². The van der Waals surface area contributed by atoms with Gasteiger partial charge in [0.1, 0.15) is 29.6 Å². The summed E-state index contributed by atoms with van der Waals surface area (Å²) in [6.07, 6.45) is 12.1. The van der Waals surface area contributed by atoms with Crippen molar-refractivity contribution in [3.63, 3.8) is 0 Å². The number of carbonyl (C=O) groups is 1. The van der Waals surface area contributed by atoms with Gasteiger partial charge in [-0.1, -0.05) is 32.0 Å². The predicted octanol–water partition coefficient (Wildman–Crippen LogP) is 8.05. The molecular weight excluding hydrogens is 905 g/mol. The van der Waals surface area contributed by atoms with E-state index < -0.39 is 11.7 Å². The number of hydrogen-bond acceptors (Lipinski definition) is 10. The van der Waals surface area contributed by atoms with Crippen molar-refractivity contribution >= 4 is 11.7 Å². The van der Waals surface area contributed by atoms with E-state index in [9.17, 15) is 5.21 Å². The number of aliphatic imine (C=N–C) groups is 1. The Hall–Kier alpha value is -6.45. The van der Waals surface area contributed by atoms with Gasteiger partial charge in [-0.3, -0.25) is 25.6 Å². The van der Waals surface area contributed by atoms with Crippen LogP contribution < -0.4 is 31.0 Å². The first-order valence-electron chi connectivity index (χ1n) is 25.9. The normalized spacial score (nSPS) is 14.9. The summed E-state index contributed by atoms with van der Waals surface area (Å²) in [5, 5.41) is 27.0. The summed E-state index contributed by atoms with van der Waals surface area (Å²) in [6.45, 7) is 18.5. The van der Waals surface area contributed by atoms with Crippen LogP contribution in [0.5, 0.6) is 17.2 Å². The lowest BCUT2D eigenvalue weighted by molar-refractivity contribution is -0.132. The molecule has 0 saturated carbocycles. The summed E-state index contributed by atoms with van der Waals surface area (Å²) in [4.78, 5) is 20.8. The number of fused-ring (bicyclic) bond motifs is 3. The predicted molar refractivity (Wildman–Crippen MR) is 280 cm³/mol. The number of methoxy groups -OCH3 is 3. The van der Waals surface area contributed by atoms with Crippen molar-refractivity contribution in [1.82, 2.24) is 40.2 Å². The Morgan fingerprint density at radius 3 is 1.51 bits per heavy atom. The minimum atomic E-state index is -2.10. The number of ether oxygens (including phenoxy) is 3. The molecule has 1 amide bonds. The molecule has 0 radical (unpaired) electrons. The van der Waals surface area contributed by atoms with Crippen molar-refractivity contribution in [1.29, 1.82) is 0 Å².